The minimum Gasteiger partial charge on any atom is -0.340 e. The second kappa shape index (κ2) is 7.06. The van der Waals surface area contributed by atoms with Crippen molar-refractivity contribution in [1.82, 2.24) is 25.3 Å². The van der Waals surface area contributed by atoms with Crippen LogP contribution in [-0.4, -0.2) is 57.1 Å². The molecule has 8 heteroatoms. The van der Waals surface area contributed by atoms with Crippen molar-refractivity contribution in [3.05, 3.63) is 60.0 Å². The smallest absolute Gasteiger partial charge is 0.277 e. The molecule has 2 N–H and O–H groups in total. The van der Waals surface area contributed by atoms with Gasteiger partial charge in [-0.05, 0) is 24.1 Å². The fourth-order valence-electron chi connectivity index (χ4n) is 4.51. The molecule has 1 spiro atoms. The van der Waals surface area contributed by atoms with Crippen LogP contribution in [0.15, 0.2) is 48.9 Å². The molecule has 0 radical (unpaired) electrons. The quantitative estimate of drug-likeness (QED) is 0.519. The molecule has 2 saturated heterocycles. The minimum absolute atomic E-state index is 0.240. The molecular weight excluding hydrogens is 368 g/mol. The number of carbonyl (C=O) groups excluding carboxylic acids is 1. The van der Waals surface area contributed by atoms with Crippen LogP contribution in [0, 0.1) is 5.41 Å². The van der Waals surface area contributed by atoms with Crippen LogP contribution >= 0.6 is 0 Å². The van der Waals surface area contributed by atoms with E-state index in [1.165, 1.54) is 23.3 Å². The van der Waals surface area contributed by atoms with E-state index in [0.29, 0.717) is 5.95 Å². The normalized spacial score (nSPS) is 18.2. The number of benzene rings is 1. The number of hydroxylamine groups is 1. The summed E-state index contributed by atoms with van der Waals surface area (Å²) in [5.74, 6) is 0.0285. The average molecular weight is 390 g/mol. The van der Waals surface area contributed by atoms with E-state index in [-0.39, 0.29) is 11.0 Å². The van der Waals surface area contributed by atoms with Gasteiger partial charge in [-0.2, -0.15) is 0 Å². The summed E-state index contributed by atoms with van der Waals surface area (Å²) in [6.45, 7) is 4.87. The van der Waals surface area contributed by atoms with E-state index in [2.05, 4.69) is 36.9 Å². The first-order valence-corrected chi connectivity index (χ1v) is 9.72. The van der Waals surface area contributed by atoms with Gasteiger partial charge in [0.05, 0.1) is 11.1 Å². The molecule has 0 bridgehead atoms. The molecule has 3 aromatic rings. The van der Waals surface area contributed by atoms with Gasteiger partial charge in [-0.25, -0.2) is 15.4 Å². The standard InChI is InChI=1S/C21H22N6O2/c28-19(25-29)17-9-23-20(24-10-17)27-6-5-21(14-27)12-26(13-21)11-15-7-16-3-1-2-4-18(16)22-8-15/h1-4,7-10,29H,5-6,11-14H2,(H,25,28). The van der Waals surface area contributed by atoms with Gasteiger partial charge >= 0.3 is 0 Å². The molecule has 0 atom stereocenters. The number of pyridine rings is 1. The number of rotatable bonds is 4. The predicted molar refractivity (Wildman–Crippen MR) is 108 cm³/mol. The van der Waals surface area contributed by atoms with Crippen LogP contribution in [-0.2, 0) is 6.54 Å². The maximum atomic E-state index is 11.4. The van der Waals surface area contributed by atoms with E-state index >= 15 is 0 Å². The van der Waals surface area contributed by atoms with E-state index in [0.717, 1.165) is 44.7 Å². The molecule has 0 aliphatic carbocycles. The van der Waals surface area contributed by atoms with Crippen LogP contribution in [0.25, 0.3) is 10.9 Å². The highest BCUT2D eigenvalue weighted by Crippen LogP contribution is 2.41. The summed E-state index contributed by atoms with van der Waals surface area (Å²) in [5.41, 5.74) is 4.40. The molecule has 5 rings (SSSR count). The van der Waals surface area contributed by atoms with E-state index < -0.39 is 5.91 Å². The first kappa shape index (κ1) is 18.0. The highest BCUT2D eigenvalue weighted by atomic mass is 16.5. The maximum Gasteiger partial charge on any atom is 0.277 e. The Kier molecular flexibility index (Phi) is 4.37. The Morgan fingerprint density at radius 1 is 1.10 bits per heavy atom. The summed E-state index contributed by atoms with van der Waals surface area (Å²) >= 11 is 0. The highest BCUT2D eigenvalue weighted by Gasteiger charge is 2.47. The highest BCUT2D eigenvalue weighted by molar-refractivity contribution is 5.92. The number of aromatic nitrogens is 3. The first-order valence-electron chi connectivity index (χ1n) is 9.72. The summed E-state index contributed by atoms with van der Waals surface area (Å²) in [6.07, 6.45) is 5.98. The van der Waals surface area contributed by atoms with Gasteiger partial charge < -0.3 is 4.90 Å². The summed E-state index contributed by atoms with van der Waals surface area (Å²) in [7, 11) is 0. The Morgan fingerprint density at radius 3 is 2.69 bits per heavy atom. The molecule has 0 saturated carbocycles. The minimum atomic E-state index is -0.604. The maximum absolute atomic E-state index is 11.4. The Morgan fingerprint density at radius 2 is 1.90 bits per heavy atom. The van der Waals surface area contributed by atoms with Gasteiger partial charge in [0.2, 0.25) is 5.95 Å². The fourth-order valence-corrected chi connectivity index (χ4v) is 4.51. The first-order chi connectivity index (χ1) is 14.1. The Hall–Kier alpha value is -3.10. The van der Waals surface area contributed by atoms with Crippen LogP contribution in [0.5, 0.6) is 0 Å². The lowest BCUT2D eigenvalue weighted by atomic mass is 9.79. The van der Waals surface area contributed by atoms with Crippen LogP contribution in [0.2, 0.25) is 0 Å². The number of likely N-dealkylation sites (tertiary alicyclic amines) is 1. The monoisotopic (exact) mass is 390 g/mol. The van der Waals surface area contributed by atoms with Crippen LogP contribution in [0.1, 0.15) is 22.3 Å². The number of amides is 1. The van der Waals surface area contributed by atoms with Crippen LogP contribution < -0.4 is 10.4 Å². The van der Waals surface area contributed by atoms with Crippen molar-refractivity contribution in [2.24, 2.45) is 5.41 Å². The van der Waals surface area contributed by atoms with E-state index in [1.54, 1.807) is 5.48 Å². The average Bonchev–Trinajstić information content (AvgIpc) is 3.18. The molecule has 148 valence electrons. The van der Waals surface area contributed by atoms with Gasteiger partial charge in [-0.15, -0.1) is 0 Å². The number of para-hydroxylation sites is 1. The third-order valence-electron chi connectivity index (χ3n) is 5.89. The molecule has 2 aliphatic rings. The summed E-state index contributed by atoms with van der Waals surface area (Å²) < 4.78 is 0. The molecule has 0 unspecified atom stereocenters. The van der Waals surface area contributed by atoms with Gasteiger partial charge in [-0.1, -0.05) is 18.2 Å². The Labute approximate surface area is 168 Å². The number of hydrogen-bond acceptors (Lipinski definition) is 7. The zero-order chi connectivity index (χ0) is 19.8. The lowest BCUT2D eigenvalue weighted by Crippen LogP contribution is -2.56. The number of nitrogens with one attached hydrogen (secondary N) is 1. The second-order valence-corrected chi connectivity index (χ2v) is 8.07. The number of carbonyl (C=O) groups is 1. The fraction of sp³-hybridized carbons (Fsp3) is 0.333. The van der Waals surface area contributed by atoms with Crippen molar-refractivity contribution in [3.63, 3.8) is 0 Å². The number of nitrogens with zero attached hydrogens (tertiary/aromatic N) is 5. The molecular formula is C21H22N6O2. The van der Waals surface area contributed by atoms with Gasteiger partial charge in [0.15, 0.2) is 0 Å². The van der Waals surface area contributed by atoms with Gasteiger partial charge in [0.1, 0.15) is 0 Å². The second-order valence-electron chi connectivity index (χ2n) is 8.07. The topological polar surface area (TPSA) is 94.5 Å². The van der Waals surface area contributed by atoms with Crippen molar-refractivity contribution >= 4 is 22.8 Å². The molecule has 29 heavy (non-hydrogen) atoms. The molecule has 1 amide bonds. The number of hydrogen-bond donors (Lipinski definition) is 2. The van der Waals surface area contributed by atoms with Crippen LogP contribution in [0.4, 0.5) is 5.95 Å². The van der Waals surface area contributed by atoms with Crippen molar-refractivity contribution in [1.29, 1.82) is 0 Å². The number of anilines is 1. The largest absolute Gasteiger partial charge is 0.340 e. The third kappa shape index (κ3) is 3.41. The Bertz CT molecular complexity index is 1050. The predicted octanol–water partition coefficient (Wildman–Crippen LogP) is 1.86. The molecule has 2 aromatic heterocycles. The van der Waals surface area contributed by atoms with Crippen molar-refractivity contribution in [2.45, 2.75) is 13.0 Å². The molecule has 1 aromatic carbocycles. The van der Waals surface area contributed by atoms with Crippen molar-refractivity contribution in [2.75, 3.05) is 31.1 Å². The summed E-state index contributed by atoms with van der Waals surface area (Å²) in [5, 5.41) is 9.87. The SMILES string of the molecule is O=C(NO)c1cnc(N2CCC3(CN(Cc4cnc5ccccc5c4)C3)C2)nc1. The van der Waals surface area contributed by atoms with Crippen molar-refractivity contribution in [3.8, 4) is 0 Å². The van der Waals surface area contributed by atoms with E-state index in [9.17, 15) is 4.79 Å². The Balaban J connectivity index is 1.19. The molecule has 2 fully saturated rings. The third-order valence-corrected chi connectivity index (χ3v) is 5.89. The summed E-state index contributed by atoms with van der Waals surface area (Å²) in [4.78, 5) is 29.2. The van der Waals surface area contributed by atoms with Gasteiger partial charge in [0.25, 0.3) is 5.91 Å². The van der Waals surface area contributed by atoms with Gasteiger partial charge in [-0.3, -0.25) is 19.9 Å². The number of fused-ring (bicyclic) bond motifs is 1. The zero-order valence-corrected chi connectivity index (χ0v) is 16.0. The lowest BCUT2D eigenvalue weighted by Gasteiger charge is -2.48. The molecule has 4 heterocycles. The van der Waals surface area contributed by atoms with Crippen molar-refractivity contribution < 1.29 is 10.0 Å². The van der Waals surface area contributed by atoms with E-state index in [1.807, 2.05) is 24.4 Å². The summed E-state index contributed by atoms with van der Waals surface area (Å²) in [6, 6.07) is 10.4. The molecule has 2 aliphatic heterocycles. The molecule has 8 nitrogen and oxygen atoms in total. The van der Waals surface area contributed by atoms with Gasteiger partial charge in [0, 0.05) is 62.1 Å². The van der Waals surface area contributed by atoms with Crippen LogP contribution in [0.3, 0.4) is 0 Å². The zero-order valence-electron chi connectivity index (χ0n) is 16.0. The lowest BCUT2D eigenvalue weighted by molar-refractivity contribution is 0.0116. The van der Waals surface area contributed by atoms with E-state index in [4.69, 9.17) is 5.21 Å².